The molecule has 0 radical (unpaired) electrons. The smallest absolute Gasteiger partial charge is 0.228 e. The number of amides is 2. The third-order valence-corrected chi connectivity index (χ3v) is 3.46. The molecule has 0 saturated carbocycles. The highest BCUT2D eigenvalue weighted by molar-refractivity contribution is 6.00. The number of carbonyl (C=O) groups excluding carboxylic acids is 2. The van der Waals surface area contributed by atoms with Gasteiger partial charge in [0, 0.05) is 19.3 Å². The van der Waals surface area contributed by atoms with Gasteiger partial charge in [0.15, 0.2) is 0 Å². The van der Waals surface area contributed by atoms with Crippen LogP contribution in [0.4, 0.5) is 17.1 Å². The van der Waals surface area contributed by atoms with Crippen molar-refractivity contribution in [2.24, 2.45) is 5.41 Å². The first-order valence-electron chi connectivity index (χ1n) is 6.52. The molecule has 1 aliphatic rings. The summed E-state index contributed by atoms with van der Waals surface area (Å²) in [5.41, 5.74) is 8.41. The summed E-state index contributed by atoms with van der Waals surface area (Å²) in [4.78, 5) is 23.1. The number of nitrogens with two attached hydrogens (primary N) is 1. The van der Waals surface area contributed by atoms with Crippen LogP contribution in [0.25, 0.3) is 0 Å². The van der Waals surface area contributed by atoms with Gasteiger partial charge in [-0.1, -0.05) is 0 Å². The van der Waals surface area contributed by atoms with E-state index >= 15 is 0 Å². The first-order chi connectivity index (χ1) is 9.33. The van der Waals surface area contributed by atoms with E-state index in [2.05, 4.69) is 16.0 Å². The van der Waals surface area contributed by atoms with Crippen LogP contribution in [-0.4, -0.2) is 25.4 Å². The van der Waals surface area contributed by atoms with Crippen LogP contribution in [0.3, 0.4) is 0 Å². The Morgan fingerprint density at radius 3 is 2.80 bits per heavy atom. The SMILES string of the molecule is CNC(=O)C(C)(C)CNc1cc2c(cc1N)CC(=O)N2. The fraction of sp³-hybridized carbons (Fsp3) is 0.429. The second-order valence-corrected chi connectivity index (χ2v) is 5.64. The fourth-order valence-corrected chi connectivity index (χ4v) is 2.18. The molecule has 108 valence electrons. The van der Waals surface area contributed by atoms with Crippen LogP contribution in [0.15, 0.2) is 12.1 Å². The number of nitrogen functional groups attached to an aromatic ring is 1. The number of fused-ring (bicyclic) bond motifs is 1. The normalized spacial score (nSPS) is 13.7. The molecule has 2 amide bonds. The van der Waals surface area contributed by atoms with Crippen molar-refractivity contribution in [3.8, 4) is 0 Å². The van der Waals surface area contributed by atoms with E-state index in [0.29, 0.717) is 18.7 Å². The Kier molecular flexibility index (Phi) is 3.57. The van der Waals surface area contributed by atoms with Crippen molar-refractivity contribution in [2.45, 2.75) is 20.3 Å². The Hall–Kier alpha value is -2.24. The molecule has 6 nitrogen and oxygen atoms in total. The van der Waals surface area contributed by atoms with Gasteiger partial charge >= 0.3 is 0 Å². The summed E-state index contributed by atoms with van der Waals surface area (Å²) in [5, 5.41) is 8.59. The zero-order chi connectivity index (χ0) is 14.9. The number of hydrogen-bond donors (Lipinski definition) is 4. The third kappa shape index (κ3) is 2.68. The largest absolute Gasteiger partial charge is 0.397 e. The number of carbonyl (C=O) groups is 2. The number of rotatable bonds is 4. The molecule has 0 fully saturated rings. The second kappa shape index (κ2) is 5.03. The summed E-state index contributed by atoms with van der Waals surface area (Å²) >= 11 is 0. The topological polar surface area (TPSA) is 96.2 Å². The van der Waals surface area contributed by atoms with Gasteiger partial charge in [-0.15, -0.1) is 0 Å². The molecule has 0 saturated heterocycles. The minimum absolute atomic E-state index is 0.0257. The summed E-state index contributed by atoms with van der Waals surface area (Å²) in [6.07, 6.45) is 0.365. The zero-order valence-electron chi connectivity index (χ0n) is 12.0. The van der Waals surface area contributed by atoms with Crippen molar-refractivity contribution < 1.29 is 9.59 Å². The third-order valence-electron chi connectivity index (χ3n) is 3.46. The molecule has 1 aromatic rings. The molecule has 0 aromatic heterocycles. The van der Waals surface area contributed by atoms with Gasteiger partial charge in [-0.25, -0.2) is 0 Å². The number of nitrogens with one attached hydrogen (secondary N) is 3. The maximum Gasteiger partial charge on any atom is 0.228 e. The van der Waals surface area contributed by atoms with Crippen molar-refractivity contribution in [3.05, 3.63) is 17.7 Å². The highest BCUT2D eigenvalue weighted by Gasteiger charge is 2.27. The molecule has 0 spiro atoms. The van der Waals surface area contributed by atoms with Gasteiger partial charge in [0.1, 0.15) is 0 Å². The van der Waals surface area contributed by atoms with E-state index in [4.69, 9.17) is 5.73 Å². The van der Waals surface area contributed by atoms with E-state index in [1.807, 2.05) is 19.9 Å². The van der Waals surface area contributed by atoms with Gasteiger partial charge in [0.25, 0.3) is 0 Å². The Bertz CT molecular complexity index is 567. The van der Waals surface area contributed by atoms with Crippen molar-refractivity contribution in [1.82, 2.24) is 5.32 Å². The molecule has 1 aliphatic heterocycles. The van der Waals surface area contributed by atoms with E-state index in [9.17, 15) is 9.59 Å². The van der Waals surface area contributed by atoms with Gasteiger partial charge in [-0.2, -0.15) is 0 Å². The lowest BCUT2D eigenvalue weighted by Gasteiger charge is -2.24. The molecule has 1 heterocycles. The van der Waals surface area contributed by atoms with E-state index in [0.717, 1.165) is 16.9 Å². The van der Waals surface area contributed by atoms with Crippen LogP contribution < -0.4 is 21.7 Å². The minimum Gasteiger partial charge on any atom is -0.397 e. The summed E-state index contributed by atoms with van der Waals surface area (Å²) in [5.74, 6) is -0.0692. The van der Waals surface area contributed by atoms with Crippen LogP contribution in [-0.2, 0) is 16.0 Å². The quantitative estimate of drug-likeness (QED) is 0.616. The van der Waals surface area contributed by atoms with E-state index in [1.54, 1.807) is 13.1 Å². The van der Waals surface area contributed by atoms with Crippen molar-refractivity contribution >= 4 is 28.9 Å². The monoisotopic (exact) mass is 276 g/mol. The average molecular weight is 276 g/mol. The minimum atomic E-state index is -0.552. The molecular formula is C14H20N4O2. The lowest BCUT2D eigenvalue weighted by atomic mass is 9.92. The van der Waals surface area contributed by atoms with Crippen molar-refractivity contribution in [2.75, 3.05) is 30.0 Å². The predicted molar refractivity (Wildman–Crippen MR) is 79.5 cm³/mol. The Morgan fingerprint density at radius 1 is 1.45 bits per heavy atom. The molecule has 2 rings (SSSR count). The highest BCUT2D eigenvalue weighted by atomic mass is 16.2. The van der Waals surface area contributed by atoms with E-state index in [1.165, 1.54) is 0 Å². The van der Waals surface area contributed by atoms with Crippen LogP contribution in [0.5, 0.6) is 0 Å². The molecule has 5 N–H and O–H groups in total. The van der Waals surface area contributed by atoms with Gasteiger partial charge in [-0.05, 0) is 31.5 Å². The molecule has 1 aromatic carbocycles. The molecule has 0 atom stereocenters. The maximum atomic E-state index is 11.7. The van der Waals surface area contributed by atoms with Crippen LogP contribution >= 0.6 is 0 Å². The van der Waals surface area contributed by atoms with Crippen LogP contribution in [0.2, 0.25) is 0 Å². The predicted octanol–water partition coefficient (Wildman–Crippen LogP) is 0.947. The van der Waals surface area contributed by atoms with Crippen molar-refractivity contribution in [1.29, 1.82) is 0 Å². The first kappa shape index (κ1) is 14.2. The standard InChI is InChI=1S/C14H20N4O2/c1-14(2,13(20)16-3)7-17-11-6-10-8(4-9(11)15)5-12(19)18-10/h4,6,17H,5,7,15H2,1-3H3,(H,16,20)(H,18,19). The first-order valence-corrected chi connectivity index (χ1v) is 6.52. The number of hydrogen-bond acceptors (Lipinski definition) is 4. The van der Waals surface area contributed by atoms with Gasteiger partial charge in [-0.3, -0.25) is 9.59 Å². The number of benzene rings is 1. The summed E-state index contributed by atoms with van der Waals surface area (Å²) < 4.78 is 0. The summed E-state index contributed by atoms with van der Waals surface area (Å²) in [7, 11) is 1.61. The lowest BCUT2D eigenvalue weighted by molar-refractivity contribution is -0.128. The van der Waals surface area contributed by atoms with Crippen LogP contribution in [0.1, 0.15) is 19.4 Å². The Morgan fingerprint density at radius 2 is 2.15 bits per heavy atom. The van der Waals surface area contributed by atoms with Crippen molar-refractivity contribution in [3.63, 3.8) is 0 Å². The van der Waals surface area contributed by atoms with Gasteiger partial charge in [0.2, 0.25) is 11.8 Å². The molecule has 20 heavy (non-hydrogen) atoms. The second-order valence-electron chi connectivity index (χ2n) is 5.64. The van der Waals surface area contributed by atoms with Gasteiger partial charge in [0.05, 0.1) is 23.2 Å². The molecule has 0 aliphatic carbocycles. The van der Waals surface area contributed by atoms with E-state index < -0.39 is 5.41 Å². The van der Waals surface area contributed by atoms with Gasteiger partial charge < -0.3 is 21.7 Å². The maximum absolute atomic E-state index is 11.7. The molecule has 0 unspecified atom stereocenters. The molecule has 0 bridgehead atoms. The Balaban J connectivity index is 2.13. The fourth-order valence-electron chi connectivity index (χ4n) is 2.18. The number of anilines is 3. The average Bonchev–Trinajstić information content (AvgIpc) is 2.74. The van der Waals surface area contributed by atoms with Crippen LogP contribution in [0, 0.1) is 5.41 Å². The lowest BCUT2D eigenvalue weighted by Crippen LogP contribution is -2.39. The highest BCUT2D eigenvalue weighted by Crippen LogP contribution is 2.32. The molecular weight excluding hydrogens is 256 g/mol. The molecule has 6 heteroatoms. The Labute approximate surface area is 118 Å². The van der Waals surface area contributed by atoms with E-state index in [-0.39, 0.29) is 11.8 Å². The summed E-state index contributed by atoms with van der Waals surface area (Å²) in [6, 6.07) is 3.61. The summed E-state index contributed by atoms with van der Waals surface area (Å²) in [6.45, 7) is 4.15. The zero-order valence-corrected chi connectivity index (χ0v) is 12.0.